The second-order valence-corrected chi connectivity index (χ2v) is 13.4. The van der Waals surface area contributed by atoms with Crippen LogP contribution in [0, 0.1) is 5.82 Å². The lowest BCUT2D eigenvalue weighted by atomic mass is 9.71. The van der Waals surface area contributed by atoms with Gasteiger partial charge in [0.05, 0.1) is 35.9 Å². The molecule has 0 saturated carbocycles. The normalized spacial score (nSPS) is 22.8. The monoisotopic (exact) mass is 684 g/mol. The molecule has 4 atom stereocenters. The predicted molar refractivity (Wildman–Crippen MR) is 181 cm³/mol. The Hall–Kier alpha value is -4.44. The van der Waals surface area contributed by atoms with E-state index in [1.54, 1.807) is 30.3 Å². The van der Waals surface area contributed by atoms with Crippen molar-refractivity contribution in [2.75, 3.05) is 19.0 Å². The van der Waals surface area contributed by atoms with Crippen LogP contribution in [-0.2, 0) is 28.9 Å². The standard InChI is InChI=1S/C37H31Cl2FN4O4/c1-3-48-24-7-4-6-20(14-24)19-43-31-17-30-25-13-11-21(35(45)47-2)15-29(25)42-44(30)34(31)32(26-8-5-9-27(39)33(26)40)37(43)18-22-10-12-23(38)16-28(22)41-36(37)46/h4-16,31-32,34H,3,17-19H2,1-2H3,(H,41,46)/t31-,32-,34+,37+/m0/s1. The van der Waals surface area contributed by atoms with E-state index in [4.69, 9.17) is 37.8 Å². The zero-order valence-corrected chi connectivity index (χ0v) is 27.7. The smallest absolute Gasteiger partial charge is 0.337 e. The zero-order chi connectivity index (χ0) is 33.3. The maximum atomic E-state index is 16.4. The molecule has 0 aliphatic carbocycles. The fourth-order valence-corrected chi connectivity index (χ4v) is 8.56. The van der Waals surface area contributed by atoms with Crippen LogP contribution in [0.25, 0.3) is 10.9 Å². The first-order valence-corrected chi connectivity index (χ1v) is 16.6. The van der Waals surface area contributed by atoms with Crippen molar-refractivity contribution < 1.29 is 23.5 Å². The molecule has 48 heavy (non-hydrogen) atoms. The number of nitrogens with zero attached hydrogens (tertiary/aromatic N) is 3. The molecule has 1 amide bonds. The number of likely N-dealkylation sites (tertiary alicyclic amines) is 1. The second kappa shape index (κ2) is 11.6. The van der Waals surface area contributed by atoms with E-state index in [2.05, 4.69) is 10.2 Å². The SMILES string of the molecule is CCOc1cccc(CN2[C@H]3Cc4c5ccc(C(=O)OC)cc5nn4[C@H]3[C@H](c3cccc(Cl)c3F)[C@@]23Cc2ccc(Cl)cc2NC3=O)c1. The lowest BCUT2D eigenvalue weighted by molar-refractivity contribution is -0.129. The number of hydrogen-bond donors (Lipinski definition) is 1. The topological polar surface area (TPSA) is 85.7 Å². The van der Waals surface area contributed by atoms with E-state index < -0.39 is 29.3 Å². The number of esters is 1. The Kier molecular flexibility index (Phi) is 7.47. The molecule has 5 aromatic rings. The summed E-state index contributed by atoms with van der Waals surface area (Å²) in [5, 5.41) is 9.58. The predicted octanol–water partition coefficient (Wildman–Crippen LogP) is 7.37. The summed E-state index contributed by atoms with van der Waals surface area (Å²) in [6.07, 6.45) is 0.855. The highest BCUT2D eigenvalue weighted by molar-refractivity contribution is 6.31. The summed E-state index contributed by atoms with van der Waals surface area (Å²) < 4.78 is 29.1. The van der Waals surface area contributed by atoms with Gasteiger partial charge in [-0.15, -0.1) is 0 Å². The van der Waals surface area contributed by atoms with Crippen molar-refractivity contribution in [3.63, 3.8) is 0 Å². The summed E-state index contributed by atoms with van der Waals surface area (Å²) in [6, 6.07) is 23.0. The molecular weight excluding hydrogens is 654 g/mol. The molecule has 1 N–H and O–H groups in total. The van der Waals surface area contributed by atoms with Gasteiger partial charge in [0.1, 0.15) is 17.1 Å². The van der Waals surface area contributed by atoms with Gasteiger partial charge in [-0.3, -0.25) is 14.4 Å². The van der Waals surface area contributed by atoms with Crippen molar-refractivity contribution in [2.45, 2.75) is 49.9 Å². The number of benzene rings is 4. The van der Waals surface area contributed by atoms with Gasteiger partial charge in [-0.05, 0) is 66.1 Å². The van der Waals surface area contributed by atoms with Gasteiger partial charge >= 0.3 is 5.97 Å². The lowest BCUT2D eigenvalue weighted by Crippen LogP contribution is -2.61. The number of aromatic nitrogens is 2. The molecule has 244 valence electrons. The van der Waals surface area contributed by atoms with E-state index in [0.717, 1.165) is 28.0 Å². The van der Waals surface area contributed by atoms with Crippen LogP contribution in [0.1, 0.15) is 51.6 Å². The van der Waals surface area contributed by atoms with Gasteiger partial charge in [0.2, 0.25) is 5.91 Å². The average molecular weight is 686 g/mol. The van der Waals surface area contributed by atoms with Crippen LogP contribution in [0.5, 0.6) is 5.75 Å². The first-order valence-electron chi connectivity index (χ1n) is 15.8. The van der Waals surface area contributed by atoms with E-state index >= 15 is 4.39 Å². The third-order valence-corrected chi connectivity index (χ3v) is 10.6. The molecule has 3 aliphatic rings. The summed E-state index contributed by atoms with van der Waals surface area (Å²) >= 11 is 12.8. The van der Waals surface area contributed by atoms with Crippen molar-refractivity contribution in [3.05, 3.63) is 123 Å². The Labute approximate surface area is 286 Å². The van der Waals surface area contributed by atoms with E-state index in [1.165, 1.54) is 13.2 Å². The van der Waals surface area contributed by atoms with Crippen molar-refractivity contribution in [2.24, 2.45) is 0 Å². The molecule has 8 rings (SSSR count). The second-order valence-electron chi connectivity index (χ2n) is 12.6. The Bertz CT molecular complexity index is 2140. The number of nitrogens with one attached hydrogen (secondary N) is 1. The minimum atomic E-state index is -1.24. The van der Waals surface area contributed by atoms with Crippen LogP contribution in [0.3, 0.4) is 0 Å². The Morgan fingerprint density at radius 1 is 1.08 bits per heavy atom. The summed E-state index contributed by atoms with van der Waals surface area (Å²) in [5.74, 6) is -1.23. The number of rotatable bonds is 6. The molecule has 4 aromatic carbocycles. The minimum Gasteiger partial charge on any atom is -0.494 e. The molecular formula is C37H31Cl2FN4O4. The van der Waals surface area contributed by atoms with E-state index in [-0.39, 0.29) is 17.0 Å². The molecule has 0 radical (unpaired) electrons. The largest absolute Gasteiger partial charge is 0.494 e. The van der Waals surface area contributed by atoms with Crippen LogP contribution in [-0.4, -0.2) is 51.9 Å². The molecule has 0 unspecified atom stereocenters. The molecule has 4 heterocycles. The van der Waals surface area contributed by atoms with Gasteiger partial charge in [-0.2, -0.15) is 5.10 Å². The van der Waals surface area contributed by atoms with Gasteiger partial charge in [-0.1, -0.05) is 59.6 Å². The van der Waals surface area contributed by atoms with Crippen LogP contribution < -0.4 is 10.1 Å². The van der Waals surface area contributed by atoms with Crippen LogP contribution in [0.4, 0.5) is 10.1 Å². The Balaban J connectivity index is 1.36. The van der Waals surface area contributed by atoms with Crippen molar-refractivity contribution >= 4 is 51.7 Å². The number of anilines is 1. The number of methoxy groups -OCH3 is 1. The third-order valence-electron chi connectivity index (χ3n) is 10.1. The van der Waals surface area contributed by atoms with Gasteiger partial charge in [0.15, 0.2) is 0 Å². The first-order chi connectivity index (χ1) is 23.2. The van der Waals surface area contributed by atoms with Crippen LogP contribution in [0.15, 0.2) is 78.9 Å². The first kappa shape index (κ1) is 30.9. The van der Waals surface area contributed by atoms with E-state index in [0.29, 0.717) is 53.3 Å². The number of halogens is 3. The molecule has 1 fully saturated rings. The highest BCUT2D eigenvalue weighted by Crippen LogP contribution is 2.59. The molecule has 8 nitrogen and oxygen atoms in total. The molecule has 0 bridgehead atoms. The summed E-state index contributed by atoms with van der Waals surface area (Å²) in [5.41, 5.74) is 3.56. The fraction of sp³-hybridized carbons (Fsp3) is 0.270. The van der Waals surface area contributed by atoms with Gasteiger partial charge < -0.3 is 14.8 Å². The van der Waals surface area contributed by atoms with Crippen LogP contribution in [0.2, 0.25) is 10.0 Å². The molecule has 1 saturated heterocycles. The number of carbonyl (C=O) groups is 2. The van der Waals surface area contributed by atoms with Gasteiger partial charge in [0.25, 0.3) is 0 Å². The van der Waals surface area contributed by atoms with E-state index in [9.17, 15) is 9.59 Å². The third kappa shape index (κ3) is 4.63. The average Bonchev–Trinajstić information content (AvgIpc) is 3.69. The van der Waals surface area contributed by atoms with Crippen LogP contribution >= 0.6 is 23.2 Å². The lowest BCUT2D eigenvalue weighted by Gasteiger charge is -2.46. The highest BCUT2D eigenvalue weighted by atomic mass is 35.5. The van der Waals surface area contributed by atoms with Gasteiger partial charge in [0, 0.05) is 53.1 Å². The summed E-state index contributed by atoms with van der Waals surface area (Å²) in [7, 11) is 1.34. The molecule has 1 aromatic heterocycles. The fourth-order valence-electron chi connectivity index (χ4n) is 8.21. The highest BCUT2D eigenvalue weighted by Gasteiger charge is 2.67. The number of hydrogen-bond acceptors (Lipinski definition) is 6. The van der Waals surface area contributed by atoms with Crippen molar-refractivity contribution in [3.8, 4) is 5.75 Å². The number of fused-ring (bicyclic) bond motifs is 6. The summed E-state index contributed by atoms with van der Waals surface area (Å²) in [4.78, 5) is 29.5. The maximum Gasteiger partial charge on any atom is 0.337 e. The minimum absolute atomic E-state index is 0.0166. The Morgan fingerprint density at radius 3 is 2.73 bits per heavy atom. The van der Waals surface area contributed by atoms with Gasteiger partial charge in [-0.25, -0.2) is 9.18 Å². The van der Waals surface area contributed by atoms with Crippen molar-refractivity contribution in [1.29, 1.82) is 0 Å². The van der Waals surface area contributed by atoms with Crippen molar-refractivity contribution in [1.82, 2.24) is 14.7 Å². The summed E-state index contributed by atoms with van der Waals surface area (Å²) in [6.45, 7) is 2.85. The number of ether oxygens (including phenoxy) is 2. The zero-order valence-electron chi connectivity index (χ0n) is 26.2. The molecule has 3 aliphatic heterocycles. The molecule has 1 spiro atoms. The molecule has 11 heteroatoms. The number of amides is 1. The quantitative estimate of drug-likeness (QED) is 0.188. The Morgan fingerprint density at radius 2 is 1.92 bits per heavy atom. The number of carbonyl (C=O) groups excluding carboxylic acids is 2. The maximum absolute atomic E-state index is 16.4. The van der Waals surface area contributed by atoms with E-state index in [1.807, 2.05) is 54.1 Å².